The quantitative estimate of drug-likeness (QED) is 0.214. The molecule has 1 aliphatic heterocycles. The van der Waals surface area contributed by atoms with Crippen molar-refractivity contribution in [3.05, 3.63) is 69.8 Å². The van der Waals surface area contributed by atoms with Gasteiger partial charge in [-0.15, -0.1) is 0 Å². The lowest BCUT2D eigenvalue weighted by Gasteiger charge is -2.41. The Morgan fingerprint density at radius 3 is 2.33 bits per heavy atom. The van der Waals surface area contributed by atoms with Crippen LogP contribution in [0.25, 0.3) is 6.08 Å². The zero-order valence-corrected chi connectivity index (χ0v) is 27.0. The number of benzene rings is 2. The molecule has 0 saturated carbocycles. The number of ether oxygens (including phenoxy) is 1. The van der Waals surface area contributed by atoms with Crippen molar-refractivity contribution >= 4 is 12.0 Å². The van der Waals surface area contributed by atoms with Gasteiger partial charge in [0.15, 0.2) is 0 Å². The zero-order chi connectivity index (χ0) is 32.3. The molecule has 0 spiro atoms. The summed E-state index contributed by atoms with van der Waals surface area (Å²) in [5.41, 5.74) is 10.6. The van der Waals surface area contributed by atoms with E-state index in [9.17, 15) is 25.2 Å². The Morgan fingerprint density at radius 2 is 1.74 bits per heavy atom. The first-order chi connectivity index (χ1) is 20.0. The first kappa shape index (κ1) is 34.7. The van der Waals surface area contributed by atoms with Crippen molar-refractivity contribution in [2.24, 2.45) is 22.5 Å². The van der Waals surface area contributed by atoms with E-state index in [1.807, 2.05) is 19.9 Å². The van der Waals surface area contributed by atoms with Crippen molar-refractivity contribution in [1.29, 1.82) is 0 Å². The molecule has 8 heteroatoms. The number of rotatable bonds is 12. The number of amides is 1. The molecule has 0 aromatic heterocycles. The Labute approximate surface area is 257 Å². The fourth-order valence-electron chi connectivity index (χ4n) is 5.55. The van der Waals surface area contributed by atoms with E-state index in [0.29, 0.717) is 25.1 Å². The van der Waals surface area contributed by atoms with Crippen LogP contribution < -0.4 is 11.1 Å². The molecule has 1 aliphatic rings. The molecule has 0 bridgehead atoms. The number of aromatic hydroxyl groups is 1. The van der Waals surface area contributed by atoms with Crippen LogP contribution in [0.1, 0.15) is 93.9 Å². The molecule has 1 fully saturated rings. The van der Waals surface area contributed by atoms with Gasteiger partial charge in [-0.1, -0.05) is 65.0 Å². The minimum atomic E-state index is -1.04. The Bertz CT molecular complexity index is 1300. The number of phenolic OH excluding ortho intramolecular Hbond substituents is 1. The van der Waals surface area contributed by atoms with Crippen molar-refractivity contribution in [2.45, 2.75) is 92.1 Å². The molecular formula is C35H52N2O6. The number of carbonyl (C=O) groups is 1. The van der Waals surface area contributed by atoms with Crippen LogP contribution in [0.4, 0.5) is 0 Å². The van der Waals surface area contributed by atoms with Gasteiger partial charge in [-0.2, -0.15) is 0 Å². The number of carbonyl (C=O) groups excluding carboxylic acids is 1. The monoisotopic (exact) mass is 596 g/mol. The predicted octanol–water partition coefficient (Wildman–Crippen LogP) is 4.35. The van der Waals surface area contributed by atoms with E-state index < -0.39 is 35.7 Å². The lowest BCUT2D eigenvalue weighted by atomic mass is 9.82. The SMILES string of the molecule is Cc1cc(/C=C/C(C)(C)CNCC(C)(C)C(N)=O)ccc1Cc1cc(C2OC(CO)[C@@H](O)[C@H](C)[C@H]2O)c(O)cc1C(C)C. The molecule has 1 saturated heterocycles. The summed E-state index contributed by atoms with van der Waals surface area (Å²) in [7, 11) is 0. The summed E-state index contributed by atoms with van der Waals surface area (Å²) in [4.78, 5) is 11.6. The van der Waals surface area contributed by atoms with Crippen LogP contribution in [0.15, 0.2) is 36.4 Å². The molecule has 7 N–H and O–H groups in total. The normalized spacial score (nSPS) is 23.3. The van der Waals surface area contributed by atoms with Crippen LogP contribution >= 0.6 is 0 Å². The molecule has 2 unspecified atom stereocenters. The molecule has 0 radical (unpaired) electrons. The van der Waals surface area contributed by atoms with E-state index in [0.717, 1.165) is 27.8 Å². The van der Waals surface area contributed by atoms with Crippen LogP contribution in [-0.2, 0) is 16.0 Å². The van der Waals surface area contributed by atoms with Gasteiger partial charge in [-0.05, 0) is 78.5 Å². The summed E-state index contributed by atoms with van der Waals surface area (Å²) in [5.74, 6) is -0.666. The topological polar surface area (TPSA) is 145 Å². The average Bonchev–Trinajstić information content (AvgIpc) is 2.92. The molecule has 43 heavy (non-hydrogen) atoms. The van der Waals surface area contributed by atoms with Gasteiger partial charge < -0.3 is 36.2 Å². The number of nitrogens with two attached hydrogens (primary N) is 1. The van der Waals surface area contributed by atoms with Gasteiger partial charge >= 0.3 is 0 Å². The largest absolute Gasteiger partial charge is 0.508 e. The van der Waals surface area contributed by atoms with Gasteiger partial charge in [0, 0.05) is 24.6 Å². The van der Waals surface area contributed by atoms with Crippen molar-refractivity contribution < 1.29 is 30.0 Å². The van der Waals surface area contributed by atoms with E-state index >= 15 is 0 Å². The van der Waals surface area contributed by atoms with Crippen LogP contribution in [0.2, 0.25) is 0 Å². The van der Waals surface area contributed by atoms with Crippen molar-refractivity contribution in [3.63, 3.8) is 0 Å². The lowest BCUT2D eigenvalue weighted by molar-refractivity contribution is -0.208. The third kappa shape index (κ3) is 8.46. The number of hydrogen-bond acceptors (Lipinski definition) is 7. The summed E-state index contributed by atoms with van der Waals surface area (Å²) < 4.78 is 5.91. The summed E-state index contributed by atoms with van der Waals surface area (Å²) in [5, 5.41) is 45.4. The maximum absolute atomic E-state index is 11.6. The Balaban J connectivity index is 1.82. The molecule has 5 atom stereocenters. The molecule has 3 rings (SSSR count). The fraction of sp³-hybridized carbons (Fsp3) is 0.571. The number of aryl methyl sites for hydroxylation is 1. The van der Waals surface area contributed by atoms with Crippen LogP contribution in [0.5, 0.6) is 5.75 Å². The maximum Gasteiger partial charge on any atom is 0.224 e. The van der Waals surface area contributed by atoms with Gasteiger partial charge in [0.05, 0.1) is 24.2 Å². The summed E-state index contributed by atoms with van der Waals surface area (Å²) >= 11 is 0. The van der Waals surface area contributed by atoms with Crippen LogP contribution in [0.3, 0.4) is 0 Å². The summed E-state index contributed by atoms with van der Waals surface area (Å²) in [6, 6.07) is 10.0. The number of hydrogen-bond donors (Lipinski definition) is 6. The van der Waals surface area contributed by atoms with Crippen LogP contribution in [-0.4, -0.2) is 64.3 Å². The van der Waals surface area contributed by atoms with E-state index in [2.05, 4.69) is 70.3 Å². The minimum Gasteiger partial charge on any atom is -0.508 e. The predicted molar refractivity (Wildman–Crippen MR) is 171 cm³/mol. The van der Waals surface area contributed by atoms with E-state index in [1.165, 1.54) is 0 Å². The number of nitrogens with one attached hydrogen (secondary N) is 1. The van der Waals surface area contributed by atoms with Crippen molar-refractivity contribution in [1.82, 2.24) is 5.32 Å². The van der Waals surface area contributed by atoms with Crippen molar-refractivity contribution in [3.8, 4) is 5.75 Å². The standard InChI is InChI=1S/C35H52N2O6/c1-20(2)26-16-28(39)27(32-31(41)22(4)30(40)29(17-38)43-32)15-25(26)14-24-10-9-23(13-21(24)3)11-12-34(5,6)18-37-19-35(7,8)33(36)42/h9-13,15-16,20,22,29-32,37-41H,14,17-19H2,1-8H3,(H2,36,42)/b12-11+/t22-,29?,30-,31+,32?/m0/s1. The molecule has 0 aliphatic carbocycles. The van der Waals surface area contributed by atoms with Gasteiger partial charge in [0.2, 0.25) is 5.91 Å². The second kappa shape index (κ2) is 13.9. The van der Waals surface area contributed by atoms with Gasteiger partial charge in [0.25, 0.3) is 0 Å². The number of phenols is 1. The van der Waals surface area contributed by atoms with E-state index in [4.69, 9.17) is 10.5 Å². The highest BCUT2D eigenvalue weighted by Crippen LogP contribution is 2.41. The fourth-order valence-corrected chi connectivity index (χ4v) is 5.55. The number of primary amides is 1. The zero-order valence-electron chi connectivity index (χ0n) is 27.0. The number of aliphatic hydroxyl groups excluding tert-OH is 3. The molecule has 2 aromatic carbocycles. The number of aliphatic hydroxyl groups is 3. The maximum atomic E-state index is 11.6. The Hall–Kier alpha value is -2.75. The molecule has 2 aromatic rings. The minimum absolute atomic E-state index is 0.0317. The van der Waals surface area contributed by atoms with Gasteiger partial charge in [0.1, 0.15) is 18.0 Å². The second-order valence-electron chi connectivity index (χ2n) is 13.9. The first-order valence-corrected chi connectivity index (χ1v) is 15.2. The molecule has 8 nitrogen and oxygen atoms in total. The van der Waals surface area contributed by atoms with Gasteiger partial charge in [-0.25, -0.2) is 0 Å². The average molecular weight is 597 g/mol. The highest BCUT2D eigenvalue weighted by molar-refractivity contribution is 5.80. The smallest absolute Gasteiger partial charge is 0.224 e. The third-order valence-corrected chi connectivity index (χ3v) is 8.78. The highest BCUT2D eigenvalue weighted by Gasteiger charge is 2.43. The lowest BCUT2D eigenvalue weighted by Crippen LogP contribution is -2.50. The van der Waals surface area contributed by atoms with E-state index in [1.54, 1.807) is 13.0 Å². The third-order valence-electron chi connectivity index (χ3n) is 8.78. The van der Waals surface area contributed by atoms with Crippen molar-refractivity contribution in [2.75, 3.05) is 19.7 Å². The molecular weight excluding hydrogens is 544 g/mol. The summed E-state index contributed by atoms with van der Waals surface area (Å²) in [6.07, 6.45) is 1.16. The van der Waals surface area contributed by atoms with Gasteiger partial charge in [-0.3, -0.25) is 4.79 Å². The Morgan fingerprint density at radius 1 is 1.07 bits per heavy atom. The van der Waals surface area contributed by atoms with E-state index in [-0.39, 0.29) is 29.6 Å². The van der Waals surface area contributed by atoms with Crippen LogP contribution in [0, 0.1) is 23.7 Å². The second-order valence-corrected chi connectivity index (χ2v) is 13.9. The Kier molecular flexibility index (Phi) is 11.2. The molecule has 1 amide bonds. The first-order valence-electron chi connectivity index (χ1n) is 15.2. The molecule has 1 heterocycles. The highest BCUT2D eigenvalue weighted by atomic mass is 16.5. The summed E-state index contributed by atoms with van der Waals surface area (Å²) in [6.45, 7) is 16.8. The molecule has 238 valence electrons.